The summed E-state index contributed by atoms with van der Waals surface area (Å²) in [5, 5.41) is 8.70. The second-order valence-electron chi connectivity index (χ2n) is 2.91. The van der Waals surface area contributed by atoms with E-state index in [4.69, 9.17) is 11.5 Å². The van der Waals surface area contributed by atoms with Gasteiger partial charge in [0.05, 0.1) is 0 Å². The normalized spacial score (nSPS) is 19.2. The molecule has 0 aliphatic carbocycles. The Hall–Kier alpha value is -1.50. The summed E-state index contributed by atoms with van der Waals surface area (Å²) >= 11 is 0. The highest BCUT2D eigenvalue weighted by atomic mass is 16.4. The van der Waals surface area contributed by atoms with Crippen LogP contribution in [0.1, 0.15) is 6.92 Å². The van der Waals surface area contributed by atoms with E-state index >= 15 is 0 Å². The van der Waals surface area contributed by atoms with Crippen molar-refractivity contribution in [1.82, 2.24) is 4.90 Å². The fourth-order valence-corrected chi connectivity index (χ4v) is 1.12. The molecule has 1 rings (SSSR count). The zero-order valence-corrected chi connectivity index (χ0v) is 6.70. The number of hydrogen-bond acceptors (Lipinski definition) is 2. The van der Waals surface area contributed by atoms with Crippen molar-refractivity contribution in [2.45, 2.75) is 6.92 Å². The smallest absolute Gasteiger partial charge is 0.325 e. The minimum Gasteiger partial charge on any atom is -0.480 e. The number of aliphatic carboxylic acids is 1. The SMILES string of the molecule is C#CC1(C(=O)O)CN(C(C)=O)C1. The van der Waals surface area contributed by atoms with Crippen molar-refractivity contribution < 1.29 is 14.7 Å². The van der Waals surface area contributed by atoms with Crippen LogP contribution in [0.25, 0.3) is 0 Å². The summed E-state index contributed by atoms with van der Waals surface area (Å²) < 4.78 is 0. The van der Waals surface area contributed by atoms with Crippen molar-refractivity contribution >= 4 is 11.9 Å². The van der Waals surface area contributed by atoms with Crippen LogP contribution in [0.2, 0.25) is 0 Å². The van der Waals surface area contributed by atoms with Crippen molar-refractivity contribution in [3.8, 4) is 12.3 Å². The molecule has 1 aliphatic heterocycles. The van der Waals surface area contributed by atoms with Gasteiger partial charge in [-0.25, -0.2) is 0 Å². The molecular formula is C8H9NO3. The first-order valence-electron chi connectivity index (χ1n) is 3.48. The highest BCUT2D eigenvalue weighted by molar-refractivity contribution is 5.85. The zero-order chi connectivity index (χ0) is 9.35. The highest BCUT2D eigenvalue weighted by Gasteiger charge is 2.49. The van der Waals surface area contributed by atoms with Crippen molar-refractivity contribution in [1.29, 1.82) is 0 Å². The predicted octanol–water partition coefficient (Wildman–Crippen LogP) is -0.447. The van der Waals surface area contributed by atoms with Crippen LogP contribution in [-0.2, 0) is 9.59 Å². The van der Waals surface area contributed by atoms with Crippen LogP contribution in [0.15, 0.2) is 0 Å². The van der Waals surface area contributed by atoms with Crippen molar-refractivity contribution in [3.63, 3.8) is 0 Å². The summed E-state index contributed by atoms with van der Waals surface area (Å²) in [5.41, 5.74) is -1.13. The van der Waals surface area contributed by atoms with E-state index in [9.17, 15) is 9.59 Å². The molecule has 1 N–H and O–H groups in total. The number of likely N-dealkylation sites (tertiary alicyclic amines) is 1. The van der Waals surface area contributed by atoms with Gasteiger partial charge in [0.2, 0.25) is 5.91 Å². The Bertz CT molecular complexity index is 271. The molecule has 1 saturated heterocycles. The van der Waals surface area contributed by atoms with Crippen LogP contribution in [0.3, 0.4) is 0 Å². The topological polar surface area (TPSA) is 57.6 Å². The number of carbonyl (C=O) groups is 2. The molecule has 0 aromatic rings. The van der Waals surface area contributed by atoms with Gasteiger partial charge in [0.15, 0.2) is 5.41 Å². The number of carbonyl (C=O) groups excluding carboxylic acids is 1. The molecule has 0 unspecified atom stereocenters. The molecule has 1 amide bonds. The van der Waals surface area contributed by atoms with Crippen LogP contribution in [-0.4, -0.2) is 35.0 Å². The number of terminal acetylenes is 1. The second-order valence-corrected chi connectivity index (χ2v) is 2.91. The Morgan fingerprint density at radius 2 is 2.08 bits per heavy atom. The van der Waals surface area contributed by atoms with Gasteiger partial charge in [0, 0.05) is 20.0 Å². The maximum absolute atomic E-state index is 10.7. The average molecular weight is 167 g/mol. The molecule has 0 atom stereocenters. The molecule has 1 heterocycles. The second kappa shape index (κ2) is 2.52. The third-order valence-electron chi connectivity index (χ3n) is 2.05. The van der Waals surface area contributed by atoms with Gasteiger partial charge in [0.25, 0.3) is 0 Å². The number of hydrogen-bond donors (Lipinski definition) is 1. The molecule has 0 aromatic carbocycles. The maximum Gasteiger partial charge on any atom is 0.325 e. The number of nitrogens with zero attached hydrogens (tertiary/aromatic N) is 1. The number of amides is 1. The summed E-state index contributed by atoms with van der Waals surface area (Å²) in [4.78, 5) is 22.7. The standard InChI is InChI=1S/C8H9NO3/c1-3-8(7(11)12)4-9(5-8)6(2)10/h1H,4-5H2,2H3,(H,11,12). The molecule has 0 radical (unpaired) electrons. The zero-order valence-electron chi connectivity index (χ0n) is 6.70. The number of rotatable bonds is 1. The molecule has 0 saturated carbocycles. The van der Waals surface area contributed by atoms with Gasteiger partial charge in [0.1, 0.15) is 0 Å². The molecule has 4 nitrogen and oxygen atoms in total. The monoisotopic (exact) mass is 167 g/mol. The van der Waals surface area contributed by atoms with Gasteiger partial charge in [-0.05, 0) is 0 Å². The van der Waals surface area contributed by atoms with E-state index in [1.54, 1.807) is 0 Å². The van der Waals surface area contributed by atoms with E-state index in [1.807, 2.05) is 0 Å². The predicted molar refractivity (Wildman–Crippen MR) is 41.2 cm³/mol. The van der Waals surface area contributed by atoms with Gasteiger partial charge in [-0.1, -0.05) is 5.92 Å². The lowest BCUT2D eigenvalue weighted by Crippen LogP contribution is -2.61. The fraction of sp³-hybridized carbons (Fsp3) is 0.500. The summed E-state index contributed by atoms with van der Waals surface area (Å²) in [6.45, 7) is 1.66. The van der Waals surface area contributed by atoms with E-state index in [-0.39, 0.29) is 19.0 Å². The molecule has 0 bridgehead atoms. The van der Waals surface area contributed by atoms with Gasteiger partial charge in [-0.2, -0.15) is 0 Å². The van der Waals surface area contributed by atoms with Crippen molar-refractivity contribution in [3.05, 3.63) is 0 Å². The minimum absolute atomic E-state index is 0.133. The van der Waals surface area contributed by atoms with Gasteiger partial charge < -0.3 is 10.0 Å². The third kappa shape index (κ3) is 1.03. The van der Waals surface area contributed by atoms with Crippen LogP contribution in [0, 0.1) is 17.8 Å². The van der Waals surface area contributed by atoms with Gasteiger partial charge in [-0.3, -0.25) is 9.59 Å². The first-order valence-corrected chi connectivity index (χ1v) is 3.48. The molecule has 64 valence electrons. The molecule has 0 aromatic heterocycles. The lowest BCUT2D eigenvalue weighted by atomic mass is 9.81. The number of carboxylic acid groups (broad SMARTS) is 1. The van der Waals surface area contributed by atoms with E-state index in [2.05, 4.69) is 5.92 Å². The summed E-state index contributed by atoms with van der Waals surface area (Å²) in [6, 6.07) is 0. The molecule has 0 spiro atoms. The Morgan fingerprint density at radius 3 is 2.33 bits per heavy atom. The lowest BCUT2D eigenvalue weighted by molar-refractivity contribution is -0.158. The first kappa shape index (κ1) is 8.60. The van der Waals surface area contributed by atoms with Crippen LogP contribution in [0.5, 0.6) is 0 Å². The van der Waals surface area contributed by atoms with E-state index in [1.165, 1.54) is 11.8 Å². The van der Waals surface area contributed by atoms with E-state index in [0.29, 0.717) is 0 Å². The maximum atomic E-state index is 10.7. The van der Waals surface area contributed by atoms with Gasteiger partial charge >= 0.3 is 5.97 Å². The van der Waals surface area contributed by atoms with Crippen molar-refractivity contribution in [2.75, 3.05) is 13.1 Å². The lowest BCUT2D eigenvalue weighted by Gasteiger charge is -2.43. The van der Waals surface area contributed by atoms with Crippen LogP contribution >= 0.6 is 0 Å². The number of carboxylic acids is 1. The Morgan fingerprint density at radius 1 is 1.58 bits per heavy atom. The summed E-state index contributed by atoms with van der Waals surface area (Å²) in [7, 11) is 0. The Labute approximate surface area is 70.2 Å². The first-order chi connectivity index (χ1) is 5.52. The van der Waals surface area contributed by atoms with Gasteiger partial charge in [-0.15, -0.1) is 6.42 Å². The molecule has 1 aliphatic rings. The molecule has 4 heteroatoms. The molecular weight excluding hydrogens is 158 g/mol. The summed E-state index contributed by atoms with van der Waals surface area (Å²) in [5.74, 6) is 1.04. The van der Waals surface area contributed by atoms with Crippen LogP contribution < -0.4 is 0 Å². The highest BCUT2D eigenvalue weighted by Crippen LogP contribution is 2.29. The molecule has 1 fully saturated rings. The van der Waals surface area contributed by atoms with E-state index < -0.39 is 11.4 Å². The quantitative estimate of drug-likeness (QED) is 0.538. The largest absolute Gasteiger partial charge is 0.480 e. The summed E-state index contributed by atoms with van der Waals surface area (Å²) in [6.07, 6.45) is 5.06. The van der Waals surface area contributed by atoms with Crippen LogP contribution in [0.4, 0.5) is 0 Å². The van der Waals surface area contributed by atoms with E-state index in [0.717, 1.165) is 0 Å². The molecule has 12 heavy (non-hydrogen) atoms. The van der Waals surface area contributed by atoms with Crippen molar-refractivity contribution in [2.24, 2.45) is 5.41 Å². The Kier molecular flexibility index (Phi) is 1.81. The minimum atomic E-state index is -1.13. The third-order valence-corrected chi connectivity index (χ3v) is 2.05. The average Bonchev–Trinajstić information content (AvgIpc) is 1.84. The fourth-order valence-electron chi connectivity index (χ4n) is 1.12. The Balaban J connectivity index is 2.66.